The number of nitrogens with zero attached hydrogens (tertiary/aromatic N) is 4. The van der Waals surface area contributed by atoms with Crippen LogP contribution in [0.1, 0.15) is 45.6 Å². The smallest absolute Gasteiger partial charge is 0.410 e. The summed E-state index contributed by atoms with van der Waals surface area (Å²) in [5.74, 6) is 6.07. The summed E-state index contributed by atoms with van der Waals surface area (Å²) in [6, 6.07) is 2.86. The number of ether oxygens (including phenoxy) is 2. The average Bonchev–Trinajstić information content (AvgIpc) is 2.89. The number of methoxy groups -OCH3 is 1. The van der Waals surface area contributed by atoms with Crippen LogP contribution in [0.2, 0.25) is 0 Å². The Morgan fingerprint density at radius 1 is 1.18 bits per heavy atom. The average molecular weight is 556 g/mol. The highest BCUT2D eigenvalue weighted by Gasteiger charge is 2.20. The molecule has 0 aliphatic heterocycles. The fourth-order valence-electron chi connectivity index (χ4n) is 2.94. The number of pyridine rings is 1. The van der Waals surface area contributed by atoms with Gasteiger partial charge in [0.05, 0.1) is 11.8 Å². The number of halogens is 1. The first-order valence-electron chi connectivity index (χ1n) is 12.6. The maximum atomic E-state index is 13.4. The second-order valence-electron chi connectivity index (χ2n) is 9.31. The summed E-state index contributed by atoms with van der Waals surface area (Å²) in [6.45, 7) is 6.84. The molecule has 12 heteroatoms. The molecule has 0 bridgehead atoms. The van der Waals surface area contributed by atoms with Crippen LogP contribution in [0.3, 0.4) is 0 Å². The topological polar surface area (TPSA) is 131 Å². The normalized spacial score (nSPS) is 10.2. The van der Waals surface area contributed by atoms with E-state index in [1.165, 1.54) is 24.2 Å². The zero-order chi connectivity index (χ0) is 30.0. The van der Waals surface area contributed by atoms with E-state index < -0.39 is 17.6 Å². The number of carbonyl (C=O) groups is 2. The summed E-state index contributed by atoms with van der Waals surface area (Å²) >= 11 is 0. The molecule has 2 heterocycles. The van der Waals surface area contributed by atoms with Gasteiger partial charge in [0.2, 0.25) is 17.8 Å². The third kappa shape index (κ3) is 13.9. The highest BCUT2D eigenvalue weighted by molar-refractivity contribution is 5.82. The number of carbonyl (C=O) groups excluding carboxylic acids is 2. The van der Waals surface area contributed by atoms with Crippen LogP contribution < -0.4 is 16.0 Å². The number of amides is 2. The molecule has 216 valence electrons. The van der Waals surface area contributed by atoms with E-state index in [0.717, 1.165) is 6.42 Å². The molecule has 2 aromatic rings. The van der Waals surface area contributed by atoms with E-state index >= 15 is 0 Å². The first kappa shape index (κ1) is 33.6. The van der Waals surface area contributed by atoms with Gasteiger partial charge >= 0.3 is 6.09 Å². The van der Waals surface area contributed by atoms with Crippen molar-refractivity contribution < 1.29 is 23.5 Å². The number of anilines is 3. The fraction of sp³-hybridized carbons (Fsp3) is 0.464. The summed E-state index contributed by atoms with van der Waals surface area (Å²) in [5, 5.41) is 8.96. The van der Waals surface area contributed by atoms with Crippen LogP contribution in [0.25, 0.3) is 0 Å². The molecule has 11 nitrogen and oxygen atoms in total. The SMILES string of the molecule is C#C.COCCCNc1nc(Nc2ccnc(F)c2)ncc1C#CCCCNC(=O)CN(C)C(=O)OC(C)(C)C. The lowest BCUT2D eigenvalue weighted by Crippen LogP contribution is -2.41. The molecule has 2 aromatic heterocycles. The van der Waals surface area contributed by atoms with E-state index in [9.17, 15) is 14.0 Å². The molecule has 0 fully saturated rings. The van der Waals surface area contributed by atoms with E-state index in [-0.39, 0.29) is 18.4 Å². The summed E-state index contributed by atoms with van der Waals surface area (Å²) in [6.07, 6.45) is 12.3. The number of nitrogens with one attached hydrogen (secondary N) is 3. The standard InChI is InChI=1S/C26H36FN7O4.C2H2/c1-26(2,3)38-25(36)34(4)18-22(35)29-12-8-6-7-10-19-17-31-24(32-20-11-14-28-21(27)16-20)33-23(19)30-13-9-15-37-5;1-2/h11,14,16-17H,6,8-9,12-13,15,18H2,1-5H3,(H,29,35)(H2,28,30,31,32,33);1-2H. The van der Waals surface area contributed by atoms with Crippen LogP contribution in [0.4, 0.5) is 26.6 Å². The van der Waals surface area contributed by atoms with Crippen molar-refractivity contribution in [3.63, 3.8) is 0 Å². The predicted molar refractivity (Wildman–Crippen MR) is 152 cm³/mol. The Labute approximate surface area is 235 Å². The third-order valence-corrected chi connectivity index (χ3v) is 4.70. The van der Waals surface area contributed by atoms with Crippen molar-refractivity contribution in [2.45, 2.75) is 45.6 Å². The van der Waals surface area contributed by atoms with Gasteiger partial charge in [0.1, 0.15) is 18.0 Å². The van der Waals surface area contributed by atoms with Gasteiger partial charge in [-0.15, -0.1) is 12.8 Å². The van der Waals surface area contributed by atoms with Crippen LogP contribution >= 0.6 is 0 Å². The number of hydrogen-bond donors (Lipinski definition) is 3. The molecule has 3 N–H and O–H groups in total. The van der Waals surface area contributed by atoms with Crippen molar-refractivity contribution in [2.24, 2.45) is 0 Å². The van der Waals surface area contributed by atoms with Crippen LogP contribution in [0.15, 0.2) is 24.5 Å². The minimum absolute atomic E-state index is 0.0947. The number of terminal acetylenes is 1. The zero-order valence-electron chi connectivity index (χ0n) is 23.7. The van der Waals surface area contributed by atoms with Gasteiger partial charge in [-0.2, -0.15) is 9.37 Å². The third-order valence-electron chi connectivity index (χ3n) is 4.70. The number of hydrogen-bond acceptors (Lipinski definition) is 9. The molecule has 40 heavy (non-hydrogen) atoms. The molecule has 0 saturated heterocycles. The van der Waals surface area contributed by atoms with Gasteiger partial charge in [0, 0.05) is 58.2 Å². The molecular formula is C28H38FN7O4. The van der Waals surface area contributed by atoms with Crippen molar-refractivity contribution in [1.82, 2.24) is 25.2 Å². The van der Waals surface area contributed by atoms with Crippen molar-refractivity contribution in [3.8, 4) is 24.7 Å². The zero-order valence-corrected chi connectivity index (χ0v) is 23.7. The lowest BCUT2D eigenvalue weighted by molar-refractivity contribution is -0.122. The van der Waals surface area contributed by atoms with Gasteiger partial charge in [-0.1, -0.05) is 11.8 Å². The first-order valence-corrected chi connectivity index (χ1v) is 12.6. The van der Waals surface area contributed by atoms with E-state index in [4.69, 9.17) is 9.47 Å². The van der Waals surface area contributed by atoms with Gasteiger partial charge in [0.25, 0.3) is 0 Å². The van der Waals surface area contributed by atoms with Crippen molar-refractivity contribution >= 4 is 29.5 Å². The lowest BCUT2D eigenvalue weighted by atomic mass is 10.2. The van der Waals surface area contributed by atoms with Gasteiger partial charge in [-0.05, 0) is 39.7 Å². The quantitative estimate of drug-likeness (QED) is 0.204. The lowest BCUT2D eigenvalue weighted by Gasteiger charge is -2.24. The molecule has 2 rings (SSSR count). The molecule has 0 aliphatic rings. The number of rotatable bonds is 12. The van der Waals surface area contributed by atoms with Crippen LogP contribution in [-0.2, 0) is 14.3 Å². The molecule has 0 atom stereocenters. The summed E-state index contributed by atoms with van der Waals surface area (Å²) < 4.78 is 23.7. The minimum Gasteiger partial charge on any atom is -0.444 e. The Kier molecular flexibility index (Phi) is 15.1. The van der Waals surface area contributed by atoms with Crippen LogP contribution in [-0.4, -0.2) is 77.9 Å². The predicted octanol–water partition coefficient (Wildman–Crippen LogP) is 3.57. The number of likely N-dealkylation sites (N-methyl/N-ethyl adjacent to an activating group) is 1. The van der Waals surface area contributed by atoms with E-state index in [1.807, 2.05) is 0 Å². The molecular weight excluding hydrogens is 517 g/mol. The Balaban J connectivity index is 0.00000391. The minimum atomic E-state index is -0.624. The van der Waals surface area contributed by atoms with Gasteiger partial charge in [0.15, 0.2) is 0 Å². The monoisotopic (exact) mass is 555 g/mol. The molecule has 2 amide bonds. The highest BCUT2D eigenvalue weighted by Crippen LogP contribution is 2.17. The number of unbranched alkanes of at least 4 members (excludes halogenated alkanes) is 1. The van der Waals surface area contributed by atoms with E-state index in [0.29, 0.717) is 49.6 Å². The molecule has 0 spiro atoms. The van der Waals surface area contributed by atoms with E-state index in [2.05, 4.69) is 55.6 Å². The van der Waals surface area contributed by atoms with Gasteiger partial charge < -0.3 is 30.3 Å². The van der Waals surface area contributed by atoms with Crippen molar-refractivity contribution in [1.29, 1.82) is 0 Å². The largest absolute Gasteiger partial charge is 0.444 e. The molecule has 0 saturated carbocycles. The fourth-order valence-corrected chi connectivity index (χ4v) is 2.94. The molecule has 0 aliphatic carbocycles. The maximum absolute atomic E-state index is 13.4. The van der Waals surface area contributed by atoms with E-state index in [1.54, 1.807) is 40.1 Å². The second kappa shape index (κ2) is 18.0. The Bertz CT molecular complexity index is 1170. The van der Waals surface area contributed by atoms with Crippen LogP contribution in [0.5, 0.6) is 0 Å². The van der Waals surface area contributed by atoms with Crippen LogP contribution in [0, 0.1) is 30.6 Å². The van der Waals surface area contributed by atoms with Crippen molar-refractivity contribution in [3.05, 3.63) is 36.0 Å². The summed E-state index contributed by atoms with van der Waals surface area (Å²) in [4.78, 5) is 37.6. The Hall–Kier alpha value is -4.42. The summed E-state index contributed by atoms with van der Waals surface area (Å²) in [7, 11) is 3.15. The second-order valence-corrected chi connectivity index (χ2v) is 9.31. The van der Waals surface area contributed by atoms with Crippen molar-refractivity contribution in [2.75, 3.05) is 51.0 Å². The molecule has 0 unspecified atom stereocenters. The Morgan fingerprint density at radius 2 is 1.93 bits per heavy atom. The molecule has 0 aromatic carbocycles. The molecule has 0 radical (unpaired) electrons. The number of aromatic nitrogens is 3. The summed E-state index contributed by atoms with van der Waals surface area (Å²) in [5.41, 5.74) is 0.457. The Morgan fingerprint density at radius 3 is 2.60 bits per heavy atom. The van der Waals surface area contributed by atoms with Gasteiger partial charge in [-0.25, -0.2) is 14.8 Å². The first-order chi connectivity index (χ1) is 19.1. The maximum Gasteiger partial charge on any atom is 0.410 e. The van der Waals surface area contributed by atoms with Gasteiger partial charge in [-0.3, -0.25) is 4.79 Å². The highest BCUT2D eigenvalue weighted by atomic mass is 19.1.